The predicted molar refractivity (Wildman–Crippen MR) is 88.6 cm³/mol. The van der Waals surface area contributed by atoms with Crippen LogP contribution >= 0.6 is 11.3 Å². The van der Waals surface area contributed by atoms with Gasteiger partial charge in [0.1, 0.15) is 0 Å². The lowest BCUT2D eigenvalue weighted by atomic mass is 10.2. The van der Waals surface area contributed by atoms with Gasteiger partial charge in [-0.05, 0) is 19.1 Å². The highest BCUT2D eigenvalue weighted by Crippen LogP contribution is 2.26. The molecule has 0 fully saturated rings. The van der Waals surface area contributed by atoms with Gasteiger partial charge >= 0.3 is 0 Å². The molecule has 0 spiro atoms. The Kier molecular flexibility index (Phi) is 3.08. The summed E-state index contributed by atoms with van der Waals surface area (Å²) in [6.45, 7) is 2.07. The van der Waals surface area contributed by atoms with Gasteiger partial charge in [0.15, 0.2) is 5.82 Å². The van der Waals surface area contributed by atoms with Crippen molar-refractivity contribution < 1.29 is 0 Å². The van der Waals surface area contributed by atoms with E-state index in [1.165, 1.54) is 16.9 Å². The summed E-state index contributed by atoms with van der Waals surface area (Å²) >= 11 is 1.48. The van der Waals surface area contributed by atoms with E-state index in [0.29, 0.717) is 0 Å². The summed E-state index contributed by atoms with van der Waals surface area (Å²) in [7, 11) is 0. The first-order valence-corrected chi connectivity index (χ1v) is 7.72. The van der Waals surface area contributed by atoms with Gasteiger partial charge in [-0.25, -0.2) is 0 Å². The van der Waals surface area contributed by atoms with Gasteiger partial charge < -0.3 is 5.32 Å². The zero-order valence-electron chi connectivity index (χ0n) is 11.9. The summed E-state index contributed by atoms with van der Waals surface area (Å²) < 4.78 is 1.77. The first kappa shape index (κ1) is 13.0. The Hall–Kier alpha value is -2.73. The van der Waals surface area contributed by atoms with Crippen LogP contribution in [0.5, 0.6) is 0 Å². The van der Waals surface area contributed by atoms with E-state index in [1.807, 2.05) is 42.5 Å². The molecule has 2 aromatic carbocycles. The maximum Gasteiger partial charge on any atom is 0.236 e. The lowest BCUT2D eigenvalue weighted by Gasteiger charge is -2.01. The molecule has 4 rings (SSSR count). The molecule has 0 aliphatic rings. The smallest absolute Gasteiger partial charge is 0.236 e. The molecule has 0 atom stereocenters. The number of anilines is 2. The Morgan fingerprint density at radius 2 is 1.73 bits per heavy atom. The van der Waals surface area contributed by atoms with E-state index in [0.717, 1.165) is 27.2 Å². The maximum atomic E-state index is 4.57. The molecule has 5 nitrogen and oxygen atoms in total. The monoisotopic (exact) mass is 307 g/mol. The van der Waals surface area contributed by atoms with E-state index < -0.39 is 0 Å². The summed E-state index contributed by atoms with van der Waals surface area (Å²) in [5.41, 5.74) is 3.24. The Morgan fingerprint density at radius 3 is 2.50 bits per heavy atom. The SMILES string of the molecule is Cc1ccc(Nc2nn3c(-c4ccccc4)nnc3s2)cc1. The molecule has 1 N–H and O–H groups in total. The molecule has 4 aromatic rings. The second-order valence-electron chi connectivity index (χ2n) is 4.98. The second kappa shape index (κ2) is 5.23. The topological polar surface area (TPSA) is 55.1 Å². The van der Waals surface area contributed by atoms with Crippen molar-refractivity contribution in [1.82, 2.24) is 19.8 Å². The first-order valence-electron chi connectivity index (χ1n) is 6.91. The lowest BCUT2D eigenvalue weighted by molar-refractivity contribution is 0.970. The van der Waals surface area contributed by atoms with Crippen molar-refractivity contribution in [2.45, 2.75) is 6.92 Å². The summed E-state index contributed by atoms with van der Waals surface area (Å²) in [5, 5.41) is 17.1. The van der Waals surface area contributed by atoms with Crippen LogP contribution in [0, 0.1) is 6.92 Å². The summed E-state index contributed by atoms with van der Waals surface area (Å²) in [6.07, 6.45) is 0. The van der Waals surface area contributed by atoms with Gasteiger partial charge in [-0.1, -0.05) is 59.4 Å². The quantitative estimate of drug-likeness (QED) is 0.623. The highest BCUT2D eigenvalue weighted by Gasteiger charge is 2.13. The third kappa shape index (κ3) is 2.33. The van der Waals surface area contributed by atoms with Crippen LogP contribution in [0.4, 0.5) is 10.8 Å². The molecule has 22 heavy (non-hydrogen) atoms. The maximum absolute atomic E-state index is 4.57. The van der Waals surface area contributed by atoms with Crippen LogP contribution in [-0.2, 0) is 0 Å². The van der Waals surface area contributed by atoms with Crippen molar-refractivity contribution >= 4 is 27.1 Å². The number of aryl methyl sites for hydroxylation is 1. The van der Waals surface area contributed by atoms with E-state index in [2.05, 4.69) is 39.7 Å². The molecule has 0 aliphatic carbocycles. The van der Waals surface area contributed by atoms with Crippen LogP contribution in [0.1, 0.15) is 5.56 Å². The third-order valence-electron chi connectivity index (χ3n) is 3.33. The second-order valence-corrected chi connectivity index (χ2v) is 5.94. The Bertz CT molecular complexity index is 909. The Labute approximate surface area is 131 Å². The minimum absolute atomic E-state index is 0.754. The van der Waals surface area contributed by atoms with Crippen molar-refractivity contribution in [3.8, 4) is 11.4 Å². The van der Waals surface area contributed by atoms with Crippen LogP contribution < -0.4 is 5.32 Å². The molecule has 2 aromatic heterocycles. The van der Waals surface area contributed by atoms with E-state index in [9.17, 15) is 0 Å². The first-order chi connectivity index (χ1) is 10.8. The van der Waals surface area contributed by atoms with Crippen molar-refractivity contribution in [1.29, 1.82) is 0 Å². The van der Waals surface area contributed by atoms with Gasteiger partial charge in [-0.2, -0.15) is 4.52 Å². The molecular formula is C16H13N5S. The fourth-order valence-electron chi connectivity index (χ4n) is 2.20. The summed E-state index contributed by atoms with van der Waals surface area (Å²) in [5.74, 6) is 0.754. The fourth-order valence-corrected chi connectivity index (χ4v) is 2.95. The van der Waals surface area contributed by atoms with E-state index in [4.69, 9.17) is 0 Å². The molecule has 0 saturated carbocycles. The standard InChI is InChI=1S/C16H13N5S/c1-11-7-9-13(10-8-11)17-15-20-21-14(18-19-16(21)22-15)12-5-3-2-4-6-12/h2-10H,1H3,(H,17,20). The predicted octanol–water partition coefficient (Wildman–Crippen LogP) is 3.90. The average molecular weight is 307 g/mol. The zero-order valence-corrected chi connectivity index (χ0v) is 12.7. The minimum Gasteiger partial charge on any atom is -0.330 e. The minimum atomic E-state index is 0.754. The molecule has 0 saturated heterocycles. The van der Waals surface area contributed by atoms with Gasteiger partial charge in [0.25, 0.3) is 0 Å². The number of aromatic nitrogens is 4. The number of benzene rings is 2. The van der Waals surface area contributed by atoms with Gasteiger partial charge in [-0.15, -0.1) is 15.3 Å². The summed E-state index contributed by atoms with van der Waals surface area (Å²) in [6, 6.07) is 18.2. The number of nitrogens with one attached hydrogen (secondary N) is 1. The number of fused-ring (bicyclic) bond motifs is 1. The number of rotatable bonds is 3. The molecule has 2 heterocycles. The zero-order chi connectivity index (χ0) is 14.9. The molecule has 0 bridgehead atoms. The van der Waals surface area contributed by atoms with Crippen LogP contribution in [0.2, 0.25) is 0 Å². The molecule has 6 heteroatoms. The molecule has 0 radical (unpaired) electrons. The fraction of sp³-hybridized carbons (Fsp3) is 0.0625. The van der Waals surface area contributed by atoms with Crippen molar-refractivity contribution in [2.24, 2.45) is 0 Å². The van der Waals surface area contributed by atoms with E-state index in [-0.39, 0.29) is 0 Å². The van der Waals surface area contributed by atoms with Crippen molar-refractivity contribution in [3.05, 3.63) is 60.2 Å². The molecular weight excluding hydrogens is 294 g/mol. The normalized spacial score (nSPS) is 11.0. The molecule has 0 unspecified atom stereocenters. The van der Waals surface area contributed by atoms with Crippen molar-refractivity contribution in [2.75, 3.05) is 5.32 Å². The molecule has 0 amide bonds. The Morgan fingerprint density at radius 1 is 0.955 bits per heavy atom. The number of nitrogens with zero attached hydrogens (tertiary/aromatic N) is 4. The van der Waals surface area contributed by atoms with Gasteiger partial charge in [0, 0.05) is 11.3 Å². The van der Waals surface area contributed by atoms with Gasteiger partial charge in [0.05, 0.1) is 0 Å². The molecule has 108 valence electrons. The average Bonchev–Trinajstić information content (AvgIpc) is 3.10. The molecule has 0 aliphatic heterocycles. The Balaban J connectivity index is 1.70. The highest BCUT2D eigenvalue weighted by atomic mass is 32.1. The van der Waals surface area contributed by atoms with Crippen molar-refractivity contribution in [3.63, 3.8) is 0 Å². The van der Waals surface area contributed by atoms with E-state index in [1.54, 1.807) is 4.52 Å². The third-order valence-corrected chi connectivity index (χ3v) is 4.14. The van der Waals surface area contributed by atoms with Gasteiger partial charge in [-0.3, -0.25) is 0 Å². The van der Waals surface area contributed by atoms with Crippen LogP contribution in [0.15, 0.2) is 54.6 Å². The largest absolute Gasteiger partial charge is 0.330 e. The highest BCUT2D eigenvalue weighted by molar-refractivity contribution is 7.20. The number of hydrogen-bond donors (Lipinski definition) is 1. The lowest BCUT2D eigenvalue weighted by Crippen LogP contribution is -1.94. The van der Waals surface area contributed by atoms with Crippen LogP contribution in [-0.4, -0.2) is 19.8 Å². The van der Waals surface area contributed by atoms with Crippen LogP contribution in [0.3, 0.4) is 0 Å². The summed E-state index contributed by atoms with van der Waals surface area (Å²) in [4.78, 5) is 0.772. The van der Waals surface area contributed by atoms with Crippen LogP contribution in [0.25, 0.3) is 16.3 Å². The van der Waals surface area contributed by atoms with Gasteiger partial charge in [0.2, 0.25) is 10.1 Å². The number of hydrogen-bond acceptors (Lipinski definition) is 5. The van der Waals surface area contributed by atoms with E-state index >= 15 is 0 Å².